The molecule has 0 aliphatic rings. The summed E-state index contributed by atoms with van der Waals surface area (Å²) in [4.78, 5) is 28.6. The highest BCUT2D eigenvalue weighted by Gasteiger charge is 2.13. The zero-order valence-corrected chi connectivity index (χ0v) is 15.3. The highest BCUT2D eigenvalue weighted by atomic mass is 35.5. The van der Waals surface area contributed by atoms with Crippen molar-refractivity contribution in [2.24, 2.45) is 0 Å². The molecule has 0 radical (unpaired) electrons. The molecular formula is C19H12ClN3O3S. The van der Waals surface area contributed by atoms with E-state index in [9.17, 15) is 9.59 Å². The number of nitrogens with one attached hydrogen (secondary N) is 2. The van der Waals surface area contributed by atoms with Crippen LogP contribution in [0.3, 0.4) is 0 Å². The maximum absolute atomic E-state index is 12.2. The fraction of sp³-hybridized carbons (Fsp3) is 0. The van der Waals surface area contributed by atoms with Gasteiger partial charge in [0.05, 0.1) is 11.3 Å². The highest BCUT2D eigenvalue weighted by Crippen LogP contribution is 2.25. The first-order valence-electron chi connectivity index (χ1n) is 7.91. The molecule has 0 aliphatic heterocycles. The average molecular weight is 398 g/mol. The second-order valence-electron chi connectivity index (χ2n) is 5.61. The standard InChI is InChI=1S/C19H12ClN3O3S/c20-12-5-7-13(8-6-12)21-18(25)23-19-22-15(10-27-19)14-9-11-3-1-2-4-16(11)26-17(14)24/h1-10H,(H2,21,22,23,25). The molecule has 6 nitrogen and oxygen atoms in total. The molecule has 8 heteroatoms. The topological polar surface area (TPSA) is 84.2 Å². The lowest BCUT2D eigenvalue weighted by Crippen LogP contribution is -2.19. The van der Waals surface area contributed by atoms with Gasteiger partial charge in [0.2, 0.25) is 0 Å². The monoisotopic (exact) mass is 397 g/mol. The number of carbonyl (C=O) groups excluding carboxylic acids is 1. The lowest BCUT2D eigenvalue weighted by molar-refractivity contribution is 0.262. The van der Waals surface area contributed by atoms with Crippen LogP contribution in [0.4, 0.5) is 15.6 Å². The number of anilines is 2. The second-order valence-corrected chi connectivity index (χ2v) is 6.90. The van der Waals surface area contributed by atoms with Crippen molar-refractivity contribution in [3.05, 3.63) is 75.4 Å². The van der Waals surface area contributed by atoms with E-state index in [1.54, 1.807) is 47.8 Å². The molecule has 0 spiro atoms. The maximum atomic E-state index is 12.2. The van der Waals surface area contributed by atoms with Gasteiger partial charge in [-0.05, 0) is 36.4 Å². The number of benzene rings is 2. The van der Waals surface area contributed by atoms with Gasteiger partial charge in [-0.1, -0.05) is 29.8 Å². The first-order valence-corrected chi connectivity index (χ1v) is 9.16. The molecule has 134 valence electrons. The summed E-state index contributed by atoms with van der Waals surface area (Å²) >= 11 is 7.03. The first-order chi connectivity index (χ1) is 13.1. The fourth-order valence-corrected chi connectivity index (χ4v) is 3.32. The number of fused-ring (bicyclic) bond motifs is 1. The molecule has 0 saturated heterocycles. The van der Waals surface area contributed by atoms with Crippen LogP contribution in [-0.2, 0) is 0 Å². The van der Waals surface area contributed by atoms with Crippen LogP contribution >= 0.6 is 22.9 Å². The van der Waals surface area contributed by atoms with Gasteiger partial charge >= 0.3 is 11.7 Å². The predicted molar refractivity (Wildman–Crippen MR) is 108 cm³/mol. The van der Waals surface area contributed by atoms with Crippen LogP contribution in [0.1, 0.15) is 0 Å². The van der Waals surface area contributed by atoms with E-state index >= 15 is 0 Å². The Labute approximate surface area is 162 Å². The number of hydrogen-bond acceptors (Lipinski definition) is 5. The molecule has 2 aromatic carbocycles. The molecule has 4 rings (SSSR count). The van der Waals surface area contributed by atoms with Crippen LogP contribution in [0, 0.1) is 0 Å². The van der Waals surface area contributed by atoms with Gasteiger partial charge in [-0.3, -0.25) is 5.32 Å². The number of thiazole rings is 1. The smallest absolute Gasteiger partial charge is 0.345 e. The maximum Gasteiger partial charge on any atom is 0.345 e. The lowest BCUT2D eigenvalue weighted by Gasteiger charge is -2.05. The van der Waals surface area contributed by atoms with Crippen molar-refractivity contribution in [1.82, 2.24) is 4.98 Å². The van der Waals surface area contributed by atoms with Gasteiger partial charge < -0.3 is 9.73 Å². The van der Waals surface area contributed by atoms with Crippen molar-refractivity contribution in [2.75, 3.05) is 10.6 Å². The van der Waals surface area contributed by atoms with Crippen molar-refractivity contribution in [2.45, 2.75) is 0 Å². The molecule has 0 unspecified atom stereocenters. The van der Waals surface area contributed by atoms with Crippen LogP contribution in [-0.4, -0.2) is 11.0 Å². The SMILES string of the molecule is O=C(Nc1ccc(Cl)cc1)Nc1nc(-c2cc3ccccc3oc2=O)cs1. The number of para-hydroxylation sites is 1. The summed E-state index contributed by atoms with van der Waals surface area (Å²) in [5.74, 6) is 0. The largest absolute Gasteiger partial charge is 0.422 e. The van der Waals surface area contributed by atoms with Gasteiger partial charge in [0, 0.05) is 21.5 Å². The molecule has 0 fully saturated rings. The van der Waals surface area contributed by atoms with Gasteiger partial charge in [-0.15, -0.1) is 11.3 Å². The number of rotatable bonds is 3. The Hall–Kier alpha value is -3.16. The zero-order chi connectivity index (χ0) is 18.8. The van der Waals surface area contributed by atoms with E-state index in [2.05, 4.69) is 15.6 Å². The Morgan fingerprint density at radius 1 is 1.07 bits per heavy atom. The van der Waals surface area contributed by atoms with Crippen LogP contribution in [0.25, 0.3) is 22.2 Å². The van der Waals surface area contributed by atoms with E-state index in [4.69, 9.17) is 16.0 Å². The summed E-state index contributed by atoms with van der Waals surface area (Å²) in [6.45, 7) is 0. The van der Waals surface area contributed by atoms with Crippen LogP contribution in [0.15, 0.2) is 69.2 Å². The van der Waals surface area contributed by atoms with E-state index in [0.29, 0.717) is 32.7 Å². The third-order valence-corrected chi connectivity index (χ3v) is 4.75. The van der Waals surface area contributed by atoms with E-state index in [0.717, 1.165) is 5.39 Å². The number of halogens is 1. The van der Waals surface area contributed by atoms with Crippen LogP contribution < -0.4 is 16.3 Å². The Balaban J connectivity index is 1.53. The summed E-state index contributed by atoms with van der Waals surface area (Å²) < 4.78 is 5.32. The third-order valence-electron chi connectivity index (χ3n) is 3.74. The molecule has 2 aromatic heterocycles. The minimum absolute atomic E-state index is 0.344. The summed E-state index contributed by atoms with van der Waals surface area (Å²) in [6.07, 6.45) is 0. The zero-order valence-electron chi connectivity index (χ0n) is 13.7. The predicted octanol–water partition coefficient (Wildman–Crippen LogP) is 5.21. The first kappa shape index (κ1) is 17.3. The van der Waals surface area contributed by atoms with Crippen molar-refractivity contribution < 1.29 is 9.21 Å². The van der Waals surface area contributed by atoms with Gasteiger partial charge in [0.15, 0.2) is 5.13 Å². The summed E-state index contributed by atoms with van der Waals surface area (Å²) in [5, 5.41) is 8.77. The fourth-order valence-electron chi connectivity index (χ4n) is 2.49. The second kappa shape index (κ2) is 7.22. The van der Waals surface area contributed by atoms with E-state index in [1.165, 1.54) is 11.3 Å². The number of urea groups is 1. The minimum atomic E-state index is -0.476. The molecule has 2 N–H and O–H groups in total. The molecule has 0 saturated carbocycles. The molecule has 0 bridgehead atoms. The van der Waals surface area contributed by atoms with Crippen molar-refractivity contribution in [3.8, 4) is 11.3 Å². The highest BCUT2D eigenvalue weighted by molar-refractivity contribution is 7.14. The summed E-state index contributed by atoms with van der Waals surface area (Å²) in [6, 6.07) is 15.3. The number of amides is 2. The Morgan fingerprint density at radius 3 is 2.67 bits per heavy atom. The summed E-state index contributed by atoms with van der Waals surface area (Å²) in [7, 11) is 0. The van der Waals surface area contributed by atoms with E-state index in [1.807, 2.05) is 12.1 Å². The summed E-state index contributed by atoms with van der Waals surface area (Å²) in [5.41, 5.74) is 1.43. The molecule has 2 heterocycles. The number of hydrogen-bond donors (Lipinski definition) is 2. The molecule has 4 aromatic rings. The molecule has 0 aliphatic carbocycles. The average Bonchev–Trinajstić information content (AvgIpc) is 3.11. The van der Waals surface area contributed by atoms with Crippen molar-refractivity contribution >= 4 is 50.8 Å². The third kappa shape index (κ3) is 3.84. The van der Waals surface area contributed by atoms with Gasteiger partial charge in [-0.2, -0.15) is 0 Å². The lowest BCUT2D eigenvalue weighted by atomic mass is 10.1. The van der Waals surface area contributed by atoms with Crippen LogP contribution in [0.2, 0.25) is 5.02 Å². The molecule has 27 heavy (non-hydrogen) atoms. The minimum Gasteiger partial charge on any atom is -0.422 e. The van der Waals surface area contributed by atoms with Crippen LogP contribution in [0.5, 0.6) is 0 Å². The number of nitrogens with zero attached hydrogens (tertiary/aromatic N) is 1. The molecule has 0 atom stereocenters. The van der Waals surface area contributed by atoms with Gasteiger partial charge in [0.25, 0.3) is 0 Å². The molecule has 2 amide bonds. The quantitative estimate of drug-likeness (QED) is 0.464. The van der Waals surface area contributed by atoms with E-state index < -0.39 is 11.7 Å². The Morgan fingerprint density at radius 2 is 1.85 bits per heavy atom. The van der Waals surface area contributed by atoms with Crippen molar-refractivity contribution in [3.63, 3.8) is 0 Å². The van der Waals surface area contributed by atoms with E-state index in [-0.39, 0.29) is 0 Å². The Kier molecular flexibility index (Phi) is 4.62. The Bertz CT molecular complexity index is 1180. The normalized spacial score (nSPS) is 10.7. The number of aromatic nitrogens is 1. The van der Waals surface area contributed by atoms with Gasteiger partial charge in [-0.25, -0.2) is 14.6 Å². The van der Waals surface area contributed by atoms with Crippen molar-refractivity contribution in [1.29, 1.82) is 0 Å². The molecular weight excluding hydrogens is 386 g/mol. The number of carbonyl (C=O) groups is 1. The van der Waals surface area contributed by atoms with Gasteiger partial charge in [0.1, 0.15) is 5.58 Å².